The molecule has 9 nitrogen and oxygen atoms in total. The van der Waals surface area contributed by atoms with Crippen LogP contribution in [0.25, 0.3) is 0 Å². The van der Waals surface area contributed by atoms with Gasteiger partial charge in [0.1, 0.15) is 18.1 Å². The first kappa shape index (κ1) is 22.6. The third kappa shape index (κ3) is 5.42. The van der Waals surface area contributed by atoms with Crippen molar-refractivity contribution in [2.24, 2.45) is 0 Å². The number of fused-ring (bicyclic) bond motifs is 2. The lowest BCUT2D eigenvalue weighted by molar-refractivity contribution is -0.141. The molecular weight excluding hydrogens is 428 g/mol. The molecule has 0 radical (unpaired) electrons. The molecule has 2 aromatic carbocycles. The van der Waals surface area contributed by atoms with Crippen molar-refractivity contribution in [1.29, 1.82) is 0 Å². The Morgan fingerprint density at radius 3 is 2.67 bits per heavy atom. The molecule has 0 spiro atoms. The number of ether oxygens (including phenoxy) is 5. The Morgan fingerprint density at radius 1 is 1.09 bits per heavy atom. The summed E-state index contributed by atoms with van der Waals surface area (Å²) in [7, 11) is 1.38. The zero-order valence-electron chi connectivity index (χ0n) is 19.2. The van der Waals surface area contributed by atoms with E-state index in [-0.39, 0.29) is 43.3 Å². The number of carbonyl (C=O) groups is 2. The van der Waals surface area contributed by atoms with Gasteiger partial charge in [0.05, 0.1) is 20.1 Å². The maximum absolute atomic E-state index is 12.3. The first-order chi connectivity index (χ1) is 15.7. The predicted molar refractivity (Wildman–Crippen MR) is 120 cm³/mol. The van der Waals surface area contributed by atoms with Crippen molar-refractivity contribution >= 4 is 17.7 Å². The van der Waals surface area contributed by atoms with Crippen LogP contribution in [0, 0.1) is 0 Å². The van der Waals surface area contributed by atoms with Gasteiger partial charge in [-0.15, -0.1) is 0 Å². The van der Waals surface area contributed by atoms with E-state index >= 15 is 0 Å². The highest BCUT2D eigenvalue weighted by Gasteiger charge is 2.27. The Hall–Kier alpha value is -3.62. The van der Waals surface area contributed by atoms with Gasteiger partial charge in [0.15, 0.2) is 11.5 Å². The van der Waals surface area contributed by atoms with Crippen LogP contribution in [-0.2, 0) is 16.1 Å². The fourth-order valence-corrected chi connectivity index (χ4v) is 3.73. The summed E-state index contributed by atoms with van der Waals surface area (Å²) in [4.78, 5) is 23.9. The maximum Gasteiger partial charge on any atom is 0.319 e. The van der Waals surface area contributed by atoms with E-state index in [4.69, 9.17) is 23.7 Å². The molecule has 0 unspecified atom stereocenters. The quantitative estimate of drug-likeness (QED) is 0.634. The highest BCUT2D eigenvalue weighted by Crippen LogP contribution is 2.41. The molecule has 2 N–H and O–H groups in total. The van der Waals surface area contributed by atoms with Crippen LogP contribution in [0.5, 0.6) is 23.0 Å². The van der Waals surface area contributed by atoms with E-state index in [0.29, 0.717) is 35.3 Å². The Morgan fingerprint density at radius 2 is 1.91 bits per heavy atom. The second kappa shape index (κ2) is 9.09. The smallest absolute Gasteiger partial charge is 0.319 e. The van der Waals surface area contributed by atoms with Crippen molar-refractivity contribution in [3.8, 4) is 23.0 Å². The summed E-state index contributed by atoms with van der Waals surface area (Å²) in [6, 6.07) is 8.76. The number of hydrogen-bond donors (Lipinski definition) is 2. The molecule has 2 aliphatic rings. The molecule has 2 heterocycles. The molecule has 33 heavy (non-hydrogen) atoms. The Balaban J connectivity index is 1.46. The minimum Gasteiger partial charge on any atom is -0.492 e. The number of hydrogen-bond acceptors (Lipinski definition) is 7. The lowest BCUT2D eigenvalue weighted by atomic mass is 9.98. The van der Waals surface area contributed by atoms with Gasteiger partial charge in [-0.2, -0.15) is 0 Å². The summed E-state index contributed by atoms with van der Waals surface area (Å²) < 4.78 is 27.6. The lowest BCUT2D eigenvalue weighted by Gasteiger charge is -2.21. The molecule has 4 rings (SSSR count). The molecule has 9 heteroatoms. The van der Waals surface area contributed by atoms with Gasteiger partial charge in [-0.1, -0.05) is 6.07 Å². The Labute approximate surface area is 192 Å². The van der Waals surface area contributed by atoms with Gasteiger partial charge < -0.3 is 34.3 Å². The van der Waals surface area contributed by atoms with Gasteiger partial charge in [0.2, 0.25) is 6.79 Å². The van der Waals surface area contributed by atoms with Crippen LogP contribution in [0.15, 0.2) is 30.3 Å². The molecule has 0 saturated carbocycles. The van der Waals surface area contributed by atoms with Gasteiger partial charge in [-0.25, -0.2) is 4.79 Å². The number of anilines is 1. The van der Waals surface area contributed by atoms with Crippen LogP contribution in [-0.4, -0.2) is 38.0 Å². The first-order valence-corrected chi connectivity index (χ1v) is 10.7. The minimum atomic E-state index is -0.363. The summed E-state index contributed by atoms with van der Waals surface area (Å²) >= 11 is 0. The first-order valence-electron chi connectivity index (χ1n) is 10.7. The van der Waals surface area contributed by atoms with E-state index in [0.717, 1.165) is 11.1 Å². The van der Waals surface area contributed by atoms with E-state index in [1.165, 1.54) is 7.11 Å². The van der Waals surface area contributed by atoms with Crippen molar-refractivity contribution in [1.82, 2.24) is 5.32 Å². The average Bonchev–Trinajstić information content (AvgIpc) is 3.37. The predicted octanol–water partition coefficient (Wildman–Crippen LogP) is 3.95. The number of methoxy groups -OCH3 is 1. The van der Waals surface area contributed by atoms with Gasteiger partial charge in [-0.3, -0.25) is 4.79 Å². The van der Waals surface area contributed by atoms with Crippen molar-refractivity contribution in [2.45, 2.75) is 45.3 Å². The Bertz CT molecular complexity index is 1060. The summed E-state index contributed by atoms with van der Waals surface area (Å²) in [5.41, 5.74) is 1.91. The maximum atomic E-state index is 12.3. The van der Waals surface area contributed by atoms with Crippen LogP contribution >= 0.6 is 0 Å². The Kier molecular flexibility index (Phi) is 6.22. The topological polar surface area (TPSA) is 104 Å². The van der Waals surface area contributed by atoms with Crippen LogP contribution in [0.1, 0.15) is 44.2 Å². The van der Waals surface area contributed by atoms with Gasteiger partial charge >= 0.3 is 12.0 Å². The van der Waals surface area contributed by atoms with E-state index in [9.17, 15) is 9.59 Å². The number of benzene rings is 2. The average molecular weight is 456 g/mol. The largest absolute Gasteiger partial charge is 0.492 e. The van der Waals surface area contributed by atoms with E-state index in [2.05, 4.69) is 10.6 Å². The second-order valence-corrected chi connectivity index (χ2v) is 8.97. The van der Waals surface area contributed by atoms with Crippen LogP contribution < -0.4 is 29.6 Å². The zero-order valence-corrected chi connectivity index (χ0v) is 19.2. The van der Waals surface area contributed by atoms with Crippen molar-refractivity contribution in [2.75, 3.05) is 25.8 Å². The number of esters is 1. The molecule has 0 aliphatic carbocycles. The van der Waals surface area contributed by atoms with Crippen LogP contribution in [0.2, 0.25) is 0 Å². The summed E-state index contributed by atoms with van der Waals surface area (Å²) in [6.45, 7) is 6.45. The number of rotatable bonds is 6. The number of amides is 2. The summed E-state index contributed by atoms with van der Waals surface area (Å²) in [6.07, 6.45) is 0.274. The summed E-state index contributed by atoms with van der Waals surface area (Å²) in [5, 5.41) is 5.69. The molecule has 2 amide bonds. The summed E-state index contributed by atoms with van der Waals surface area (Å²) in [5.74, 6) is 2.15. The van der Waals surface area contributed by atoms with Crippen molar-refractivity contribution in [3.05, 3.63) is 41.5 Å². The number of urea groups is 1. The minimum absolute atomic E-state index is 0.0303. The van der Waals surface area contributed by atoms with E-state index < -0.39 is 0 Å². The fraction of sp³-hybridized carbons (Fsp3) is 0.417. The fourth-order valence-electron chi connectivity index (χ4n) is 3.73. The number of nitrogens with one attached hydrogen (secondary N) is 2. The van der Waals surface area contributed by atoms with Crippen LogP contribution in [0.3, 0.4) is 0 Å². The van der Waals surface area contributed by atoms with Crippen LogP contribution in [0.4, 0.5) is 10.5 Å². The number of carbonyl (C=O) groups excluding carboxylic acids is 2. The monoisotopic (exact) mass is 456 g/mol. The molecule has 0 saturated heterocycles. The van der Waals surface area contributed by atoms with E-state index in [1.807, 2.05) is 39.0 Å². The molecule has 176 valence electrons. The highest BCUT2D eigenvalue weighted by molar-refractivity contribution is 5.90. The van der Waals surface area contributed by atoms with Gasteiger partial charge in [-0.05, 0) is 32.9 Å². The molecule has 0 bridgehead atoms. The van der Waals surface area contributed by atoms with Crippen molar-refractivity contribution in [3.63, 3.8) is 0 Å². The van der Waals surface area contributed by atoms with E-state index in [1.54, 1.807) is 12.1 Å². The molecular formula is C24H28N2O7. The lowest BCUT2D eigenvalue weighted by Crippen LogP contribution is -2.43. The third-order valence-corrected chi connectivity index (χ3v) is 5.20. The normalized spacial score (nSPS) is 15.9. The molecule has 0 aromatic heterocycles. The SMILES string of the molecule is COC(=O)C[C@@H]1COc2cc(OCc3cc(NC(=O)NC(C)(C)C)cc4c3OCO4)ccc21. The zero-order chi connectivity index (χ0) is 23.6. The molecule has 0 fully saturated rings. The molecule has 1 atom stereocenters. The van der Waals surface area contributed by atoms with Gasteiger partial charge in [0, 0.05) is 40.4 Å². The second-order valence-electron chi connectivity index (χ2n) is 8.97. The van der Waals surface area contributed by atoms with Crippen molar-refractivity contribution < 1.29 is 33.3 Å². The highest BCUT2D eigenvalue weighted by atomic mass is 16.7. The molecule has 2 aliphatic heterocycles. The van der Waals surface area contributed by atoms with Gasteiger partial charge in [0.25, 0.3) is 0 Å². The standard InChI is InChI=1S/C24H28N2O7/c1-24(2,3)26-23(28)25-16-7-15(22-20(9-16)32-13-33-22)12-30-17-5-6-18-14(8-21(27)29-4)11-31-19(18)10-17/h5-7,9-10,14H,8,11-13H2,1-4H3,(H2,25,26,28)/t14-/m1/s1. The third-order valence-electron chi connectivity index (χ3n) is 5.20. The molecule has 2 aromatic rings.